The van der Waals surface area contributed by atoms with Crippen LogP contribution in [-0.2, 0) is 9.53 Å². The zero-order valence-corrected chi connectivity index (χ0v) is 12.8. The summed E-state index contributed by atoms with van der Waals surface area (Å²) in [4.78, 5) is 14.6. The first-order valence-corrected chi connectivity index (χ1v) is 7.88. The van der Waals surface area contributed by atoms with Crippen molar-refractivity contribution in [3.8, 4) is 0 Å². The third-order valence-corrected chi connectivity index (χ3v) is 4.69. The van der Waals surface area contributed by atoms with Crippen LogP contribution >= 0.6 is 0 Å². The average molecular weight is 267 g/mol. The topological polar surface area (TPSA) is 29.5 Å². The van der Waals surface area contributed by atoms with Gasteiger partial charge < -0.3 is 9.64 Å². The van der Waals surface area contributed by atoms with Crippen LogP contribution < -0.4 is 0 Å². The van der Waals surface area contributed by atoms with Crippen LogP contribution in [0.2, 0.25) is 0 Å². The van der Waals surface area contributed by atoms with Gasteiger partial charge in [-0.1, -0.05) is 13.3 Å². The Balaban J connectivity index is 2.03. The third kappa shape index (κ3) is 3.71. The number of carbonyl (C=O) groups is 1. The van der Waals surface area contributed by atoms with Crippen molar-refractivity contribution in [1.29, 1.82) is 0 Å². The summed E-state index contributed by atoms with van der Waals surface area (Å²) in [5.41, 5.74) is 0.106. The molecular formula is C16H29NO2. The lowest BCUT2D eigenvalue weighted by Crippen LogP contribution is -2.44. The first kappa shape index (κ1) is 14.8. The molecule has 19 heavy (non-hydrogen) atoms. The van der Waals surface area contributed by atoms with Crippen LogP contribution in [0.4, 0.5) is 0 Å². The summed E-state index contributed by atoms with van der Waals surface area (Å²) in [6, 6.07) is 0. The number of ether oxygens (including phenoxy) is 1. The summed E-state index contributed by atoms with van der Waals surface area (Å²) in [5.74, 6) is 0.378. The summed E-state index contributed by atoms with van der Waals surface area (Å²) >= 11 is 0. The van der Waals surface area contributed by atoms with Crippen LogP contribution in [0.25, 0.3) is 0 Å². The van der Waals surface area contributed by atoms with Gasteiger partial charge in [0.15, 0.2) is 0 Å². The molecule has 3 heteroatoms. The molecule has 110 valence electrons. The number of likely N-dealkylation sites (tertiary alicyclic amines) is 1. The molecule has 0 unspecified atom stereocenters. The van der Waals surface area contributed by atoms with Crippen LogP contribution in [0.5, 0.6) is 0 Å². The maximum absolute atomic E-state index is 12.5. The van der Waals surface area contributed by atoms with Gasteiger partial charge in [-0.05, 0) is 51.4 Å². The molecule has 0 aromatic rings. The van der Waals surface area contributed by atoms with Crippen molar-refractivity contribution in [3.05, 3.63) is 0 Å². The van der Waals surface area contributed by atoms with Crippen molar-refractivity contribution >= 4 is 5.91 Å². The van der Waals surface area contributed by atoms with E-state index in [9.17, 15) is 4.79 Å². The summed E-state index contributed by atoms with van der Waals surface area (Å²) in [7, 11) is 0. The molecule has 2 aliphatic rings. The summed E-state index contributed by atoms with van der Waals surface area (Å²) < 4.78 is 5.85. The largest absolute Gasteiger partial charge is 0.376 e. The van der Waals surface area contributed by atoms with Gasteiger partial charge in [-0.25, -0.2) is 0 Å². The van der Waals surface area contributed by atoms with E-state index < -0.39 is 0 Å². The number of amides is 1. The maximum Gasteiger partial charge on any atom is 0.223 e. The monoisotopic (exact) mass is 267 g/mol. The molecular weight excluding hydrogens is 238 g/mol. The highest BCUT2D eigenvalue weighted by atomic mass is 16.5. The fourth-order valence-electron chi connectivity index (χ4n) is 3.97. The predicted molar refractivity (Wildman–Crippen MR) is 77.0 cm³/mol. The minimum absolute atomic E-state index is 0.0707. The summed E-state index contributed by atoms with van der Waals surface area (Å²) in [6.45, 7) is 9.31. The maximum atomic E-state index is 12.5. The fraction of sp³-hybridized carbons (Fsp3) is 0.938. The van der Waals surface area contributed by atoms with E-state index in [4.69, 9.17) is 4.74 Å². The Morgan fingerprint density at radius 3 is 2.53 bits per heavy atom. The molecule has 2 aliphatic heterocycles. The zero-order chi connectivity index (χ0) is 13.9. The Morgan fingerprint density at radius 1 is 1.26 bits per heavy atom. The van der Waals surface area contributed by atoms with E-state index in [0.29, 0.717) is 5.91 Å². The van der Waals surface area contributed by atoms with Crippen LogP contribution in [-0.4, -0.2) is 36.1 Å². The lowest BCUT2D eigenvalue weighted by Gasteiger charge is -2.45. The van der Waals surface area contributed by atoms with Crippen LogP contribution in [0, 0.1) is 5.41 Å². The van der Waals surface area contributed by atoms with Crippen molar-refractivity contribution in [2.75, 3.05) is 19.7 Å². The minimum atomic E-state index is -0.0707. The molecule has 2 saturated heterocycles. The fourth-order valence-corrected chi connectivity index (χ4v) is 3.97. The van der Waals surface area contributed by atoms with Gasteiger partial charge in [0.05, 0.1) is 5.60 Å². The van der Waals surface area contributed by atoms with Crippen molar-refractivity contribution in [2.24, 2.45) is 5.41 Å². The second-order valence-electron chi connectivity index (χ2n) is 7.05. The summed E-state index contributed by atoms with van der Waals surface area (Å²) in [5, 5.41) is 0. The van der Waals surface area contributed by atoms with Gasteiger partial charge in [-0.3, -0.25) is 4.79 Å². The van der Waals surface area contributed by atoms with E-state index in [0.717, 1.165) is 51.8 Å². The number of hydrogen-bond donors (Lipinski definition) is 0. The Bertz CT molecular complexity index is 317. The molecule has 3 nitrogen and oxygen atoms in total. The first-order chi connectivity index (χ1) is 8.96. The summed E-state index contributed by atoms with van der Waals surface area (Å²) in [6.07, 6.45) is 7.47. The lowest BCUT2D eigenvalue weighted by atomic mass is 9.69. The Hall–Kier alpha value is -0.570. The smallest absolute Gasteiger partial charge is 0.223 e. The molecule has 2 fully saturated rings. The molecule has 0 aromatic carbocycles. The quantitative estimate of drug-likeness (QED) is 0.781. The highest BCUT2D eigenvalue weighted by Gasteiger charge is 2.42. The van der Waals surface area contributed by atoms with E-state index in [1.807, 2.05) is 0 Å². The highest BCUT2D eigenvalue weighted by molar-refractivity contribution is 5.77. The molecule has 0 aromatic heterocycles. The van der Waals surface area contributed by atoms with E-state index in [1.54, 1.807) is 0 Å². The number of nitrogens with zero attached hydrogens (tertiary/aromatic N) is 1. The zero-order valence-electron chi connectivity index (χ0n) is 12.8. The van der Waals surface area contributed by atoms with Gasteiger partial charge in [0.2, 0.25) is 5.91 Å². The van der Waals surface area contributed by atoms with Gasteiger partial charge in [0, 0.05) is 26.1 Å². The number of carbonyl (C=O) groups excluding carboxylic acids is 1. The molecule has 0 radical (unpaired) electrons. The van der Waals surface area contributed by atoms with Gasteiger partial charge in [-0.2, -0.15) is 0 Å². The van der Waals surface area contributed by atoms with Gasteiger partial charge in [0.25, 0.3) is 0 Å². The first-order valence-electron chi connectivity index (χ1n) is 7.88. The second-order valence-corrected chi connectivity index (χ2v) is 7.05. The SMILES string of the molecule is CCC[C@@]1(CC(=O)N2CCCC2)CCOC(C)(C)C1. The lowest BCUT2D eigenvalue weighted by molar-refractivity contribution is -0.141. The molecule has 2 heterocycles. The van der Waals surface area contributed by atoms with Crippen LogP contribution in [0.15, 0.2) is 0 Å². The number of hydrogen-bond acceptors (Lipinski definition) is 2. The average Bonchev–Trinajstić information content (AvgIpc) is 2.80. The molecule has 0 spiro atoms. The normalized spacial score (nSPS) is 30.6. The molecule has 0 N–H and O–H groups in total. The number of rotatable bonds is 4. The molecule has 2 rings (SSSR count). The molecule has 1 atom stereocenters. The van der Waals surface area contributed by atoms with E-state index >= 15 is 0 Å². The molecule has 1 amide bonds. The second kappa shape index (κ2) is 5.82. The highest BCUT2D eigenvalue weighted by Crippen LogP contribution is 2.45. The van der Waals surface area contributed by atoms with Gasteiger partial charge in [-0.15, -0.1) is 0 Å². The Labute approximate surface area is 117 Å². The standard InChI is InChI=1S/C16H29NO2/c1-4-7-16(8-11-19-15(2,3)13-16)12-14(18)17-9-5-6-10-17/h4-13H2,1-3H3/t16-/m0/s1. The van der Waals surface area contributed by atoms with E-state index in [2.05, 4.69) is 25.7 Å². The van der Waals surface area contributed by atoms with Crippen molar-refractivity contribution in [3.63, 3.8) is 0 Å². The van der Waals surface area contributed by atoms with Crippen molar-refractivity contribution in [2.45, 2.75) is 71.3 Å². The molecule has 0 aliphatic carbocycles. The van der Waals surface area contributed by atoms with Crippen molar-refractivity contribution in [1.82, 2.24) is 4.90 Å². The van der Waals surface area contributed by atoms with Crippen LogP contribution in [0.3, 0.4) is 0 Å². The van der Waals surface area contributed by atoms with Gasteiger partial charge >= 0.3 is 0 Å². The van der Waals surface area contributed by atoms with Gasteiger partial charge in [0.1, 0.15) is 0 Å². The Kier molecular flexibility index (Phi) is 4.54. The van der Waals surface area contributed by atoms with Crippen molar-refractivity contribution < 1.29 is 9.53 Å². The Morgan fingerprint density at radius 2 is 1.95 bits per heavy atom. The van der Waals surface area contributed by atoms with E-state index in [-0.39, 0.29) is 11.0 Å². The van der Waals surface area contributed by atoms with E-state index in [1.165, 1.54) is 12.8 Å². The predicted octanol–water partition coefficient (Wildman–Crippen LogP) is 3.37. The minimum Gasteiger partial charge on any atom is -0.376 e. The molecule has 0 saturated carbocycles. The third-order valence-electron chi connectivity index (χ3n) is 4.69. The van der Waals surface area contributed by atoms with Crippen LogP contribution in [0.1, 0.15) is 65.7 Å². The molecule has 0 bridgehead atoms.